The van der Waals surface area contributed by atoms with Gasteiger partial charge < -0.3 is 4.74 Å². The first-order valence-corrected chi connectivity index (χ1v) is 14.6. The Morgan fingerprint density at radius 1 is 0.833 bits per heavy atom. The fourth-order valence-corrected chi connectivity index (χ4v) is 6.72. The van der Waals surface area contributed by atoms with Crippen molar-refractivity contribution < 1.29 is 9.53 Å². The van der Waals surface area contributed by atoms with Gasteiger partial charge >= 0.3 is 6.09 Å². The van der Waals surface area contributed by atoms with Crippen molar-refractivity contribution in [2.75, 3.05) is 6.61 Å². The Morgan fingerprint density at radius 3 is 2.08 bits per heavy atom. The minimum Gasteiger partial charge on any atom is -0.448 e. The van der Waals surface area contributed by atoms with Crippen LogP contribution in [0.1, 0.15) is 107 Å². The van der Waals surface area contributed by atoms with E-state index in [1.165, 1.54) is 86.5 Å². The maximum atomic E-state index is 13.2. The molecule has 1 fully saturated rings. The molecule has 0 N–H and O–H groups in total. The third kappa shape index (κ3) is 5.56. The third-order valence-corrected chi connectivity index (χ3v) is 8.62. The van der Waals surface area contributed by atoms with Crippen LogP contribution in [-0.4, -0.2) is 29.7 Å². The highest BCUT2D eigenvalue weighted by Gasteiger charge is 2.40. The van der Waals surface area contributed by atoms with Crippen molar-refractivity contribution in [3.05, 3.63) is 71.3 Å². The first-order valence-electron chi connectivity index (χ1n) is 14.6. The largest absolute Gasteiger partial charge is 0.448 e. The molecule has 3 nitrogen and oxygen atoms in total. The molecule has 0 saturated carbocycles. The van der Waals surface area contributed by atoms with Gasteiger partial charge in [-0.1, -0.05) is 118 Å². The fourth-order valence-electron chi connectivity index (χ4n) is 6.72. The Labute approximate surface area is 217 Å². The second kappa shape index (κ2) is 12.1. The van der Waals surface area contributed by atoms with Gasteiger partial charge in [0.05, 0.1) is 6.04 Å². The summed E-state index contributed by atoms with van der Waals surface area (Å²) >= 11 is 0. The van der Waals surface area contributed by atoms with Crippen LogP contribution < -0.4 is 0 Å². The molecule has 2 aromatic rings. The van der Waals surface area contributed by atoms with Gasteiger partial charge in [-0.25, -0.2) is 4.79 Å². The minimum atomic E-state index is -0.122. The summed E-state index contributed by atoms with van der Waals surface area (Å²) in [5.74, 6) is 0.126. The number of hydrogen-bond acceptors (Lipinski definition) is 2. The van der Waals surface area contributed by atoms with Crippen molar-refractivity contribution in [3.63, 3.8) is 0 Å². The molecule has 0 aromatic heterocycles. The number of carbonyl (C=O) groups is 1. The molecular formula is C33H43NO2. The molecule has 3 heteroatoms. The van der Waals surface area contributed by atoms with E-state index in [2.05, 4.69) is 61.5 Å². The summed E-state index contributed by atoms with van der Waals surface area (Å²) in [5, 5.41) is 0. The lowest BCUT2D eigenvalue weighted by atomic mass is 9.96. The summed E-state index contributed by atoms with van der Waals surface area (Å²) in [6, 6.07) is 17.6. The van der Waals surface area contributed by atoms with E-state index in [0.717, 1.165) is 19.3 Å². The van der Waals surface area contributed by atoms with E-state index in [9.17, 15) is 4.79 Å². The number of unbranched alkanes of at least 4 members (excludes halogenated alkanes) is 8. The van der Waals surface area contributed by atoms with Gasteiger partial charge in [0.2, 0.25) is 0 Å². The first-order chi connectivity index (χ1) is 17.8. The van der Waals surface area contributed by atoms with Crippen LogP contribution in [0.25, 0.3) is 11.1 Å². The highest BCUT2D eigenvalue weighted by molar-refractivity contribution is 5.79. The van der Waals surface area contributed by atoms with Crippen molar-refractivity contribution in [1.82, 2.24) is 4.90 Å². The smallest absolute Gasteiger partial charge is 0.410 e. The van der Waals surface area contributed by atoms with E-state index in [4.69, 9.17) is 4.74 Å². The second-order valence-electron chi connectivity index (χ2n) is 11.1. The van der Waals surface area contributed by atoms with Crippen LogP contribution in [0, 0.1) is 0 Å². The molecule has 2 unspecified atom stereocenters. The van der Waals surface area contributed by atoms with E-state index in [1.54, 1.807) is 5.57 Å². The second-order valence-corrected chi connectivity index (χ2v) is 11.1. The lowest BCUT2D eigenvalue weighted by Crippen LogP contribution is -2.43. The SMILES string of the molecule is CCCCCCCCCCCC1=CC2CCC(C1)N2C(=O)OCC1c2ccccc2-c2ccccc21. The molecule has 1 amide bonds. The van der Waals surface area contributed by atoms with Crippen molar-refractivity contribution in [2.24, 2.45) is 0 Å². The molecule has 36 heavy (non-hydrogen) atoms. The summed E-state index contributed by atoms with van der Waals surface area (Å²) in [4.78, 5) is 15.3. The highest BCUT2D eigenvalue weighted by atomic mass is 16.6. The molecule has 1 aliphatic carbocycles. The van der Waals surface area contributed by atoms with E-state index in [1.807, 2.05) is 4.90 Å². The molecule has 2 bridgehead atoms. The van der Waals surface area contributed by atoms with Crippen molar-refractivity contribution >= 4 is 6.09 Å². The topological polar surface area (TPSA) is 29.5 Å². The van der Waals surface area contributed by atoms with Gasteiger partial charge in [0.25, 0.3) is 0 Å². The van der Waals surface area contributed by atoms with E-state index >= 15 is 0 Å². The van der Waals surface area contributed by atoms with Crippen LogP contribution in [-0.2, 0) is 4.74 Å². The summed E-state index contributed by atoms with van der Waals surface area (Å²) in [6.07, 6.45) is 19.1. The van der Waals surface area contributed by atoms with Gasteiger partial charge in [0, 0.05) is 12.0 Å². The van der Waals surface area contributed by atoms with Crippen molar-refractivity contribution in [3.8, 4) is 11.1 Å². The van der Waals surface area contributed by atoms with Crippen LogP contribution in [0.15, 0.2) is 60.2 Å². The Hall–Kier alpha value is -2.55. The lowest BCUT2D eigenvalue weighted by molar-refractivity contribution is 0.0848. The Bertz CT molecular complexity index is 1010. The summed E-state index contributed by atoms with van der Waals surface area (Å²) in [7, 11) is 0. The number of carbonyl (C=O) groups excluding carboxylic acids is 1. The monoisotopic (exact) mass is 485 g/mol. The molecule has 2 aliphatic heterocycles. The maximum Gasteiger partial charge on any atom is 0.410 e. The minimum absolute atomic E-state index is 0.122. The third-order valence-electron chi connectivity index (χ3n) is 8.62. The number of benzene rings is 2. The van der Waals surface area contributed by atoms with Gasteiger partial charge in [-0.15, -0.1) is 0 Å². The van der Waals surface area contributed by atoms with E-state index in [-0.39, 0.29) is 18.1 Å². The van der Waals surface area contributed by atoms with Crippen LogP contribution in [0.3, 0.4) is 0 Å². The summed E-state index contributed by atoms with van der Waals surface area (Å²) < 4.78 is 6.01. The molecule has 2 heterocycles. The molecule has 192 valence electrons. The zero-order chi connectivity index (χ0) is 24.7. The van der Waals surface area contributed by atoms with Crippen molar-refractivity contribution in [1.29, 1.82) is 0 Å². The van der Waals surface area contributed by atoms with Gasteiger partial charge in [-0.2, -0.15) is 0 Å². The fraction of sp³-hybridized carbons (Fsp3) is 0.545. The number of fused-ring (bicyclic) bond motifs is 5. The molecule has 0 radical (unpaired) electrons. The molecule has 3 aliphatic rings. The molecule has 2 atom stereocenters. The van der Waals surface area contributed by atoms with Gasteiger partial charge in [0.1, 0.15) is 6.61 Å². The number of nitrogens with zero attached hydrogens (tertiary/aromatic N) is 1. The van der Waals surface area contributed by atoms with Crippen LogP contribution >= 0.6 is 0 Å². The van der Waals surface area contributed by atoms with Crippen LogP contribution in [0.5, 0.6) is 0 Å². The quantitative estimate of drug-likeness (QED) is 0.222. The summed E-state index contributed by atoms with van der Waals surface area (Å²) in [6.45, 7) is 2.70. The zero-order valence-electron chi connectivity index (χ0n) is 22.1. The molecule has 2 aromatic carbocycles. The van der Waals surface area contributed by atoms with Crippen molar-refractivity contribution in [2.45, 2.75) is 108 Å². The van der Waals surface area contributed by atoms with Gasteiger partial charge in [-0.05, 0) is 54.4 Å². The Balaban J connectivity index is 1.10. The predicted molar refractivity (Wildman–Crippen MR) is 148 cm³/mol. The summed E-state index contributed by atoms with van der Waals surface area (Å²) in [5.41, 5.74) is 6.67. The van der Waals surface area contributed by atoms with E-state index in [0.29, 0.717) is 12.6 Å². The van der Waals surface area contributed by atoms with Crippen LogP contribution in [0.2, 0.25) is 0 Å². The average Bonchev–Trinajstić information content (AvgIpc) is 3.37. The number of rotatable bonds is 12. The van der Waals surface area contributed by atoms with Crippen LogP contribution in [0.4, 0.5) is 4.79 Å². The lowest BCUT2D eigenvalue weighted by Gasteiger charge is -2.33. The average molecular weight is 486 g/mol. The standard InChI is InChI=1S/C33H43NO2/c1-2-3-4-5-6-7-8-9-10-15-25-22-26-20-21-27(23-25)34(26)33(35)36-24-32-30-18-13-11-16-28(30)29-17-12-14-19-31(29)32/h11-14,16-19,22,26-27,32H,2-10,15,20-21,23-24H2,1H3. The number of hydrogen-bond donors (Lipinski definition) is 0. The Kier molecular flexibility index (Phi) is 8.46. The molecule has 1 saturated heterocycles. The predicted octanol–water partition coefficient (Wildman–Crippen LogP) is 9.02. The first kappa shape index (κ1) is 25.1. The molecule has 5 rings (SSSR count). The maximum absolute atomic E-state index is 13.2. The Morgan fingerprint density at radius 2 is 1.44 bits per heavy atom. The number of ether oxygens (including phenoxy) is 1. The normalized spacial score (nSPS) is 20.2. The highest BCUT2D eigenvalue weighted by Crippen LogP contribution is 2.45. The zero-order valence-corrected chi connectivity index (χ0v) is 22.1. The number of amides is 1. The van der Waals surface area contributed by atoms with E-state index < -0.39 is 0 Å². The van der Waals surface area contributed by atoms with Gasteiger partial charge in [-0.3, -0.25) is 4.90 Å². The van der Waals surface area contributed by atoms with Gasteiger partial charge in [0.15, 0.2) is 0 Å². The molecule has 0 spiro atoms. The molecular weight excluding hydrogens is 442 g/mol.